The predicted octanol–water partition coefficient (Wildman–Crippen LogP) is 3.40. The summed E-state index contributed by atoms with van der Waals surface area (Å²) in [6.45, 7) is -0.441. The number of hydrogen-bond donors (Lipinski definition) is 2. The summed E-state index contributed by atoms with van der Waals surface area (Å²) in [5.74, 6) is 2.12. The third-order valence-electron chi connectivity index (χ3n) is 3.99. The maximum absolute atomic E-state index is 12.6. The molecule has 1 heterocycles. The SMILES string of the molecule is CN=C(NCCCSC)NC1CCN(c2ccccc2OC(F)F)C1.I. The smallest absolute Gasteiger partial charge is 0.387 e. The molecule has 1 atom stereocenters. The van der Waals surface area contributed by atoms with Gasteiger partial charge in [0.15, 0.2) is 5.96 Å². The number of guanidine groups is 1. The van der Waals surface area contributed by atoms with Crippen LogP contribution in [0.4, 0.5) is 14.5 Å². The van der Waals surface area contributed by atoms with E-state index in [0.29, 0.717) is 5.69 Å². The molecule has 1 saturated heterocycles. The van der Waals surface area contributed by atoms with Gasteiger partial charge in [0.25, 0.3) is 0 Å². The van der Waals surface area contributed by atoms with E-state index in [1.54, 1.807) is 19.2 Å². The van der Waals surface area contributed by atoms with Gasteiger partial charge in [-0.2, -0.15) is 20.5 Å². The molecule has 1 aromatic carbocycles. The highest BCUT2D eigenvalue weighted by Crippen LogP contribution is 2.31. The van der Waals surface area contributed by atoms with Gasteiger partial charge in [0.05, 0.1) is 5.69 Å². The number of nitrogens with one attached hydrogen (secondary N) is 2. The number of anilines is 1. The summed E-state index contributed by atoms with van der Waals surface area (Å²) in [5.41, 5.74) is 0.704. The van der Waals surface area contributed by atoms with Crippen molar-refractivity contribution < 1.29 is 13.5 Å². The summed E-state index contributed by atoms with van der Waals surface area (Å²) >= 11 is 1.82. The third kappa shape index (κ3) is 7.34. The molecule has 0 spiro atoms. The molecular weight excluding hydrogens is 473 g/mol. The highest BCUT2D eigenvalue weighted by molar-refractivity contribution is 14.0. The van der Waals surface area contributed by atoms with Crippen molar-refractivity contribution in [1.82, 2.24) is 10.6 Å². The molecule has 2 N–H and O–H groups in total. The molecule has 1 unspecified atom stereocenters. The zero-order valence-electron chi connectivity index (χ0n) is 15.1. The lowest BCUT2D eigenvalue weighted by Gasteiger charge is -2.22. The van der Waals surface area contributed by atoms with Crippen molar-refractivity contribution in [2.45, 2.75) is 25.5 Å². The Morgan fingerprint density at radius 3 is 2.88 bits per heavy atom. The molecule has 148 valence electrons. The molecule has 0 saturated carbocycles. The fourth-order valence-electron chi connectivity index (χ4n) is 2.82. The molecule has 5 nitrogen and oxygen atoms in total. The van der Waals surface area contributed by atoms with Crippen LogP contribution in [0, 0.1) is 0 Å². The second-order valence-corrected chi connectivity index (χ2v) is 6.75. The van der Waals surface area contributed by atoms with Crippen molar-refractivity contribution in [2.24, 2.45) is 4.99 Å². The van der Waals surface area contributed by atoms with E-state index in [9.17, 15) is 8.78 Å². The van der Waals surface area contributed by atoms with Crippen molar-refractivity contribution in [3.05, 3.63) is 24.3 Å². The number of thioether (sulfide) groups is 1. The Balaban J connectivity index is 0.00000338. The Kier molecular flexibility index (Phi) is 11.0. The Morgan fingerprint density at radius 1 is 1.42 bits per heavy atom. The first kappa shape index (κ1) is 23.1. The van der Waals surface area contributed by atoms with Gasteiger partial charge in [-0.05, 0) is 37.0 Å². The number of nitrogens with zero attached hydrogens (tertiary/aromatic N) is 2. The number of halogens is 3. The summed E-state index contributed by atoms with van der Waals surface area (Å²) < 4.78 is 29.8. The van der Waals surface area contributed by atoms with Gasteiger partial charge in [-0.25, -0.2) is 0 Å². The highest BCUT2D eigenvalue weighted by Gasteiger charge is 2.25. The van der Waals surface area contributed by atoms with Gasteiger partial charge in [0.1, 0.15) is 5.75 Å². The minimum Gasteiger partial charge on any atom is -0.433 e. The molecule has 0 aromatic heterocycles. The Labute approximate surface area is 175 Å². The average Bonchev–Trinajstić information content (AvgIpc) is 3.06. The van der Waals surface area contributed by atoms with Crippen molar-refractivity contribution in [2.75, 3.05) is 43.6 Å². The number of alkyl halides is 2. The van der Waals surface area contributed by atoms with Crippen molar-refractivity contribution in [3.8, 4) is 5.75 Å². The number of ether oxygens (including phenoxy) is 1. The first-order valence-corrected chi connectivity index (χ1v) is 9.78. The molecule has 9 heteroatoms. The van der Waals surface area contributed by atoms with Crippen LogP contribution >= 0.6 is 35.7 Å². The fourth-order valence-corrected chi connectivity index (χ4v) is 3.26. The summed E-state index contributed by atoms with van der Waals surface area (Å²) in [7, 11) is 1.75. The maximum Gasteiger partial charge on any atom is 0.387 e. The predicted molar refractivity (Wildman–Crippen MR) is 117 cm³/mol. The zero-order chi connectivity index (χ0) is 18.1. The molecule has 0 amide bonds. The lowest BCUT2D eigenvalue weighted by atomic mass is 10.2. The van der Waals surface area contributed by atoms with E-state index < -0.39 is 6.61 Å². The minimum absolute atomic E-state index is 0. The van der Waals surface area contributed by atoms with E-state index in [0.717, 1.165) is 44.2 Å². The topological polar surface area (TPSA) is 48.9 Å². The van der Waals surface area contributed by atoms with Crippen LogP contribution in [0.25, 0.3) is 0 Å². The second-order valence-electron chi connectivity index (χ2n) is 5.77. The summed E-state index contributed by atoms with van der Waals surface area (Å²) in [4.78, 5) is 6.31. The van der Waals surface area contributed by atoms with Crippen molar-refractivity contribution in [3.63, 3.8) is 0 Å². The number of hydrogen-bond acceptors (Lipinski definition) is 4. The van der Waals surface area contributed by atoms with Gasteiger partial charge in [-0.1, -0.05) is 12.1 Å². The number of rotatable bonds is 8. The van der Waals surface area contributed by atoms with Crippen LogP contribution in [-0.2, 0) is 0 Å². The molecule has 0 radical (unpaired) electrons. The first-order valence-electron chi connectivity index (χ1n) is 8.39. The Hall–Kier alpha value is -0.970. The van der Waals surface area contributed by atoms with Crippen molar-refractivity contribution in [1.29, 1.82) is 0 Å². The number of benzene rings is 1. The van der Waals surface area contributed by atoms with Crippen LogP contribution in [0.15, 0.2) is 29.3 Å². The minimum atomic E-state index is -2.82. The van der Waals surface area contributed by atoms with Crippen molar-refractivity contribution >= 4 is 47.4 Å². The zero-order valence-corrected chi connectivity index (χ0v) is 18.2. The first-order chi connectivity index (χ1) is 12.1. The number of para-hydroxylation sites is 2. The third-order valence-corrected chi connectivity index (χ3v) is 4.69. The summed E-state index contributed by atoms with van der Waals surface area (Å²) in [6, 6.07) is 7.14. The normalized spacial score (nSPS) is 17.2. The Morgan fingerprint density at radius 2 is 2.19 bits per heavy atom. The molecule has 1 aliphatic rings. The van der Waals surface area contributed by atoms with E-state index in [4.69, 9.17) is 0 Å². The molecule has 1 aromatic rings. The molecule has 1 aliphatic heterocycles. The molecule has 26 heavy (non-hydrogen) atoms. The summed E-state index contributed by atoms with van der Waals surface area (Å²) in [5, 5.41) is 6.71. The van der Waals surface area contributed by atoms with Gasteiger partial charge < -0.3 is 20.3 Å². The second kappa shape index (κ2) is 12.4. The molecule has 2 rings (SSSR count). The van der Waals surface area contributed by atoms with Gasteiger partial charge in [-0.3, -0.25) is 4.99 Å². The van der Waals surface area contributed by atoms with E-state index in [1.165, 1.54) is 0 Å². The van der Waals surface area contributed by atoms with Crippen LogP contribution in [0.5, 0.6) is 5.75 Å². The van der Waals surface area contributed by atoms with E-state index in [1.807, 2.05) is 23.9 Å². The molecule has 0 bridgehead atoms. The van der Waals surface area contributed by atoms with E-state index >= 15 is 0 Å². The monoisotopic (exact) mass is 500 g/mol. The maximum atomic E-state index is 12.6. The molecule has 1 fully saturated rings. The largest absolute Gasteiger partial charge is 0.433 e. The fraction of sp³-hybridized carbons (Fsp3) is 0.588. The lowest BCUT2D eigenvalue weighted by Crippen LogP contribution is -2.45. The number of aliphatic imine (C=N–C) groups is 1. The van der Waals surface area contributed by atoms with Crippen LogP contribution < -0.4 is 20.3 Å². The van der Waals surface area contributed by atoms with Gasteiger partial charge in [-0.15, -0.1) is 24.0 Å². The van der Waals surface area contributed by atoms with Crippen LogP contribution in [-0.4, -0.2) is 57.3 Å². The highest BCUT2D eigenvalue weighted by atomic mass is 127. The van der Waals surface area contributed by atoms with E-state index in [2.05, 4.69) is 31.5 Å². The van der Waals surface area contributed by atoms with Crippen LogP contribution in [0.1, 0.15) is 12.8 Å². The standard InChI is InChI=1S/C17H26F2N4OS.HI/c1-20-17(21-9-5-11-25-2)22-13-8-10-23(12-13)14-6-3-4-7-15(14)24-16(18)19;/h3-4,6-7,13,16H,5,8-12H2,1-2H3,(H2,20,21,22);1H. The molecule has 0 aliphatic carbocycles. The Bertz CT molecular complexity index is 565. The quantitative estimate of drug-likeness (QED) is 0.248. The summed E-state index contributed by atoms with van der Waals surface area (Å²) in [6.07, 6.45) is 4.08. The van der Waals surface area contributed by atoms with Gasteiger partial charge >= 0.3 is 6.61 Å². The van der Waals surface area contributed by atoms with Gasteiger partial charge in [0.2, 0.25) is 0 Å². The average molecular weight is 500 g/mol. The molecular formula is C17H27F2IN4OS. The van der Waals surface area contributed by atoms with E-state index in [-0.39, 0.29) is 35.8 Å². The lowest BCUT2D eigenvalue weighted by molar-refractivity contribution is -0.0495. The van der Waals surface area contributed by atoms with Gasteiger partial charge in [0, 0.05) is 32.7 Å². The van der Waals surface area contributed by atoms with Crippen LogP contribution in [0.2, 0.25) is 0 Å². The van der Waals surface area contributed by atoms with Crippen LogP contribution in [0.3, 0.4) is 0 Å².